The average Bonchev–Trinajstić information content (AvgIpc) is 3.21. The number of rotatable bonds is 4. The average molecular weight is 278 g/mol. The van der Waals surface area contributed by atoms with Crippen LogP contribution in [0.25, 0.3) is 0 Å². The highest BCUT2D eigenvalue weighted by Crippen LogP contribution is 2.47. The van der Waals surface area contributed by atoms with Crippen LogP contribution in [0.15, 0.2) is 4.42 Å². The van der Waals surface area contributed by atoms with Crippen LogP contribution in [0, 0.1) is 5.92 Å². The third-order valence-electron chi connectivity index (χ3n) is 4.19. The lowest BCUT2D eigenvalue weighted by Crippen LogP contribution is -2.23. The van der Waals surface area contributed by atoms with Crippen molar-refractivity contribution in [3.05, 3.63) is 22.6 Å². The second kappa shape index (κ2) is 5.05. The SMILES string of the molecule is COC(=O)c1oc2c(c1C1CC1)C(=O)C(CCO)CC2. The molecule has 1 atom stereocenters. The number of esters is 1. The molecule has 0 amide bonds. The molecular formula is C15H18O5. The molecule has 0 aromatic carbocycles. The summed E-state index contributed by atoms with van der Waals surface area (Å²) in [5.74, 6) is 0.417. The van der Waals surface area contributed by atoms with Gasteiger partial charge in [0.25, 0.3) is 0 Å². The van der Waals surface area contributed by atoms with E-state index in [4.69, 9.17) is 14.3 Å². The smallest absolute Gasteiger partial charge is 0.374 e. The van der Waals surface area contributed by atoms with Gasteiger partial charge in [0.15, 0.2) is 5.78 Å². The highest BCUT2D eigenvalue weighted by Gasteiger charge is 2.41. The zero-order valence-electron chi connectivity index (χ0n) is 11.5. The van der Waals surface area contributed by atoms with Gasteiger partial charge in [0.1, 0.15) is 5.76 Å². The van der Waals surface area contributed by atoms with E-state index in [0.29, 0.717) is 30.6 Å². The summed E-state index contributed by atoms with van der Waals surface area (Å²) in [5, 5.41) is 9.06. The quantitative estimate of drug-likeness (QED) is 0.853. The largest absolute Gasteiger partial charge is 0.463 e. The van der Waals surface area contributed by atoms with Gasteiger partial charge in [0, 0.05) is 24.5 Å². The Labute approximate surface area is 116 Å². The van der Waals surface area contributed by atoms with E-state index in [1.54, 1.807) is 0 Å². The Morgan fingerprint density at radius 2 is 2.15 bits per heavy atom. The Kier molecular flexibility index (Phi) is 3.38. The second-order valence-electron chi connectivity index (χ2n) is 5.52. The predicted molar refractivity (Wildman–Crippen MR) is 69.9 cm³/mol. The number of Topliss-reactive ketones (excluding diaryl/α,β-unsaturated/α-hetero) is 1. The number of aryl methyl sites for hydroxylation is 1. The first-order valence-corrected chi connectivity index (χ1v) is 7.06. The van der Waals surface area contributed by atoms with E-state index in [9.17, 15) is 9.59 Å². The summed E-state index contributed by atoms with van der Waals surface area (Å²) >= 11 is 0. The Balaban J connectivity index is 2.05. The number of furan rings is 1. The molecule has 0 saturated heterocycles. The van der Waals surface area contributed by atoms with Crippen LogP contribution in [0.5, 0.6) is 0 Å². The van der Waals surface area contributed by atoms with Gasteiger partial charge in [-0.3, -0.25) is 4.79 Å². The molecule has 1 fully saturated rings. The van der Waals surface area contributed by atoms with E-state index >= 15 is 0 Å². The highest BCUT2D eigenvalue weighted by molar-refractivity contribution is 6.04. The Hall–Kier alpha value is -1.62. The van der Waals surface area contributed by atoms with Crippen molar-refractivity contribution in [3.63, 3.8) is 0 Å². The van der Waals surface area contributed by atoms with Gasteiger partial charge in [0.05, 0.1) is 12.7 Å². The summed E-state index contributed by atoms with van der Waals surface area (Å²) in [6.45, 7) is 0.00616. The topological polar surface area (TPSA) is 76.7 Å². The monoisotopic (exact) mass is 278 g/mol. The number of carbonyl (C=O) groups is 2. The Morgan fingerprint density at radius 3 is 2.75 bits per heavy atom. The predicted octanol–water partition coefficient (Wildman–Crippen LogP) is 2.07. The van der Waals surface area contributed by atoms with Gasteiger partial charge in [0.2, 0.25) is 5.76 Å². The number of hydrogen-bond acceptors (Lipinski definition) is 5. The van der Waals surface area contributed by atoms with Crippen LogP contribution in [0.3, 0.4) is 0 Å². The lowest BCUT2D eigenvalue weighted by atomic mass is 9.82. The van der Waals surface area contributed by atoms with Crippen LogP contribution in [0.1, 0.15) is 63.8 Å². The van der Waals surface area contributed by atoms with Gasteiger partial charge in [-0.2, -0.15) is 0 Å². The number of aliphatic hydroxyl groups is 1. The molecule has 1 unspecified atom stereocenters. The fourth-order valence-electron chi connectivity index (χ4n) is 3.02. The molecule has 2 aliphatic rings. The molecule has 0 radical (unpaired) electrons. The molecule has 5 heteroatoms. The zero-order chi connectivity index (χ0) is 14.3. The molecule has 1 aromatic rings. The number of carbonyl (C=O) groups excluding carboxylic acids is 2. The van der Waals surface area contributed by atoms with Gasteiger partial charge in [-0.1, -0.05) is 0 Å². The first kappa shape index (κ1) is 13.4. The van der Waals surface area contributed by atoms with Gasteiger partial charge in [-0.15, -0.1) is 0 Å². The summed E-state index contributed by atoms with van der Waals surface area (Å²) in [6.07, 6.45) is 3.75. The van der Waals surface area contributed by atoms with Crippen molar-refractivity contribution in [1.82, 2.24) is 0 Å². The number of aliphatic hydroxyl groups excluding tert-OH is 1. The lowest BCUT2D eigenvalue weighted by Gasteiger charge is -2.19. The molecule has 5 nitrogen and oxygen atoms in total. The van der Waals surface area contributed by atoms with Crippen LogP contribution in [0.2, 0.25) is 0 Å². The van der Waals surface area contributed by atoms with E-state index in [1.807, 2.05) is 0 Å². The standard InChI is InChI=1S/C15H18O5/c1-19-15(18)14-11(8-2-3-8)12-10(20-14)5-4-9(6-7-16)13(12)17/h8-9,16H,2-7H2,1H3. The van der Waals surface area contributed by atoms with Gasteiger partial charge < -0.3 is 14.3 Å². The summed E-state index contributed by atoms with van der Waals surface area (Å²) in [6, 6.07) is 0. The van der Waals surface area contributed by atoms with Crippen LogP contribution >= 0.6 is 0 Å². The van der Waals surface area contributed by atoms with E-state index in [0.717, 1.165) is 18.4 Å². The van der Waals surface area contributed by atoms with Crippen molar-refractivity contribution in [2.75, 3.05) is 13.7 Å². The minimum Gasteiger partial charge on any atom is -0.463 e. The number of fused-ring (bicyclic) bond motifs is 1. The number of ketones is 1. The van der Waals surface area contributed by atoms with Gasteiger partial charge >= 0.3 is 5.97 Å². The summed E-state index contributed by atoms with van der Waals surface area (Å²) in [4.78, 5) is 24.4. The van der Waals surface area contributed by atoms with Crippen LogP contribution in [-0.4, -0.2) is 30.6 Å². The molecule has 1 heterocycles. The van der Waals surface area contributed by atoms with E-state index < -0.39 is 5.97 Å². The third kappa shape index (κ3) is 2.06. The molecule has 1 N–H and O–H groups in total. The van der Waals surface area contributed by atoms with Gasteiger partial charge in [-0.05, 0) is 31.6 Å². The number of hydrogen-bond donors (Lipinski definition) is 1. The minimum absolute atomic E-state index is 0.00616. The number of ether oxygens (including phenoxy) is 1. The summed E-state index contributed by atoms with van der Waals surface area (Å²) in [5.41, 5.74) is 1.34. The Morgan fingerprint density at radius 1 is 1.40 bits per heavy atom. The fourth-order valence-corrected chi connectivity index (χ4v) is 3.02. The molecule has 0 aliphatic heterocycles. The first-order chi connectivity index (χ1) is 9.67. The van der Waals surface area contributed by atoms with Crippen LogP contribution in [-0.2, 0) is 11.2 Å². The molecule has 108 valence electrons. The summed E-state index contributed by atoms with van der Waals surface area (Å²) in [7, 11) is 1.32. The maximum atomic E-state index is 12.6. The normalized spacial score (nSPS) is 21.7. The van der Waals surface area contributed by atoms with Crippen molar-refractivity contribution < 1.29 is 23.8 Å². The molecule has 0 spiro atoms. The maximum absolute atomic E-state index is 12.6. The lowest BCUT2D eigenvalue weighted by molar-refractivity contribution is 0.0560. The van der Waals surface area contributed by atoms with Crippen molar-refractivity contribution in [3.8, 4) is 0 Å². The molecule has 3 rings (SSSR count). The first-order valence-electron chi connectivity index (χ1n) is 7.06. The van der Waals surface area contributed by atoms with Crippen molar-refractivity contribution in [2.45, 2.75) is 38.0 Å². The molecule has 2 aliphatic carbocycles. The van der Waals surface area contributed by atoms with Gasteiger partial charge in [-0.25, -0.2) is 4.79 Å². The van der Waals surface area contributed by atoms with Crippen LogP contribution < -0.4 is 0 Å². The van der Waals surface area contributed by atoms with E-state index in [1.165, 1.54) is 7.11 Å². The zero-order valence-corrected chi connectivity index (χ0v) is 11.5. The van der Waals surface area contributed by atoms with Crippen LogP contribution in [0.4, 0.5) is 0 Å². The summed E-state index contributed by atoms with van der Waals surface area (Å²) < 4.78 is 10.4. The van der Waals surface area contributed by atoms with Crippen molar-refractivity contribution in [2.24, 2.45) is 5.92 Å². The highest BCUT2D eigenvalue weighted by atomic mass is 16.5. The molecule has 1 saturated carbocycles. The van der Waals surface area contributed by atoms with E-state index in [-0.39, 0.29) is 30.0 Å². The molecular weight excluding hydrogens is 260 g/mol. The molecule has 20 heavy (non-hydrogen) atoms. The fraction of sp³-hybridized carbons (Fsp3) is 0.600. The molecule has 1 aromatic heterocycles. The van der Waals surface area contributed by atoms with E-state index in [2.05, 4.69) is 0 Å². The van der Waals surface area contributed by atoms with Crippen molar-refractivity contribution in [1.29, 1.82) is 0 Å². The van der Waals surface area contributed by atoms with Crippen molar-refractivity contribution >= 4 is 11.8 Å². The maximum Gasteiger partial charge on any atom is 0.374 e. The number of methoxy groups -OCH3 is 1. The second-order valence-corrected chi connectivity index (χ2v) is 5.52. The third-order valence-corrected chi connectivity index (χ3v) is 4.19. The molecule has 0 bridgehead atoms. The minimum atomic E-state index is -0.507. The Bertz CT molecular complexity index is 553.